The molecule has 2 heterocycles. The van der Waals surface area contributed by atoms with Gasteiger partial charge in [0.25, 0.3) is 0 Å². The molecule has 0 aromatic heterocycles. The molecule has 1 amide bonds. The van der Waals surface area contributed by atoms with Gasteiger partial charge in [-0.3, -0.25) is 4.79 Å². The molecule has 4 heteroatoms. The Hall–Kier alpha value is -0.610. The van der Waals surface area contributed by atoms with E-state index < -0.39 is 0 Å². The molecule has 0 radical (unpaired) electrons. The maximum atomic E-state index is 13.1. The van der Waals surface area contributed by atoms with Crippen molar-refractivity contribution in [3.8, 4) is 0 Å². The number of likely N-dealkylation sites (tertiary alicyclic amines) is 1. The van der Waals surface area contributed by atoms with Crippen molar-refractivity contribution in [1.29, 1.82) is 0 Å². The lowest BCUT2D eigenvalue weighted by Gasteiger charge is -2.43. The molecule has 4 nitrogen and oxygen atoms in total. The summed E-state index contributed by atoms with van der Waals surface area (Å²) in [7, 11) is 2.15. The molecule has 0 aromatic rings. The van der Waals surface area contributed by atoms with Gasteiger partial charge in [0.2, 0.25) is 5.91 Å². The van der Waals surface area contributed by atoms with Gasteiger partial charge in [0.05, 0.1) is 6.10 Å². The summed E-state index contributed by atoms with van der Waals surface area (Å²) in [6, 6.07) is 0. The lowest BCUT2D eigenvalue weighted by Crippen LogP contribution is -2.55. The smallest absolute Gasteiger partial charge is 0.228 e. The van der Waals surface area contributed by atoms with E-state index in [4.69, 9.17) is 4.74 Å². The van der Waals surface area contributed by atoms with Crippen LogP contribution in [0.2, 0.25) is 0 Å². The van der Waals surface area contributed by atoms with Crippen molar-refractivity contribution in [2.75, 3.05) is 26.7 Å². The zero-order valence-corrected chi connectivity index (χ0v) is 14.2. The lowest BCUT2D eigenvalue weighted by molar-refractivity contribution is -0.165. The van der Waals surface area contributed by atoms with Crippen LogP contribution in [0, 0.1) is 5.92 Å². The Kier molecular flexibility index (Phi) is 7.33. The number of hydrogen-bond acceptors (Lipinski definition) is 3. The van der Waals surface area contributed by atoms with Gasteiger partial charge in [-0.05, 0) is 26.8 Å². The largest absolute Gasteiger partial charge is 0.351 e. The number of rotatable bonds is 5. The summed E-state index contributed by atoms with van der Waals surface area (Å²) in [6.45, 7) is 9.24. The zero-order valence-electron chi connectivity index (χ0n) is 14.2. The van der Waals surface area contributed by atoms with E-state index in [2.05, 4.69) is 37.6 Å². The summed E-state index contributed by atoms with van der Waals surface area (Å²) in [5.74, 6) is 0.526. The number of ether oxygens (including phenoxy) is 1. The maximum absolute atomic E-state index is 13.1. The van der Waals surface area contributed by atoms with Crippen LogP contribution < -0.4 is 0 Å². The van der Waals surface area contributed by atoms with E-state index in [-0.39, 0.29) is 25.2 Å². The van der Waals surface area contributed by atoms with Crippen molar-refractivity contribution in [2.45, 2.75) is 78.6 Å². The van der Waals surface area contributed by atoms with Gasteiger partial charge in [-0.25, -0.2) is 0 Å². The standard InChI is InChI=1S/C17H32N2O2.CH4/c1-5-7-15(8-6-2)16(20)19-13-14(3)21-17(19)9-11-18(4)12-10-17;/h14-15H,5-13H2,1-4H3;1H4. The number of carbonyl (C=O) groups excluding carboxylic acids is 1. The molecule has 0 N–H and O–H groups in total. The third-order valence-electron chi connectivity index (χ3n) is 5.01. The minimum atomic E-state index is -0.317. The van der Waals surface area contributed by atoms with Crippen LogP contribution in [0.5, 0.6) is 0 Å². The van der Waals surface area contributed by atoms with Crippen LogP contribution in [0.4, 0.5) is 0 Å². The first-order chi connectivity index (χ1) is 10.0. The summed E-state index contributed by atoms with van der Waals surface area (Å²) in [5.41, 5.74) is -0.317. The van der Waals surface area contributed by atoms with Gasteiger partial charge in [-0.1, -0.05) is 34.1 Å². The van der Waals surface area contributed by atoms with Crippen LogP contribution in [0.15, 0.2) is 0 Å². The highest BCUT2D eigenvalue weighted by atomic mass is 16.5. The van der Waals surface area contributed by atoms with Crippen molar-refractivity contribution in [1.82, 2.24) is 9.80 Å². The van der Waals surface area contributed by atoms with E-state index in [9.17, 15) is 4.79 Å². The number of hydrogen-bond donors (Lipinski definition) is 0. The molecule has 130 valence electrons. The average molecular weight is 312 g/mol. The Bertz CT molecular complexity index is 345. The van der Waals surface area contributed by atoms with Crippen molar-refractivity contribution in [3.63, 3.8) is 0 Å². The first-order valence-corrected chi connectivity index (χ1v) is 8.70. The minimum Gasteiger partial charge on any atom is -0.351 e. The van der Waals surface area contributed by atoms with Gasteiger partial charge < -0.3 is 14.5 Å². The molecular formula is C18H36N2O2. The number of piperidine rings is 1. The van der Waals surface area contributed by atoms with Crippen molar-refractivity contribution in [2.24, 2.45) is 5.92 Å². The monoisotopic (exact) mass is 312 g/mol. The third kappa shape index (κ3) is 4.02. The van der Waals surface area contributed by atoms with E-state index in [0.717, 1.165) is 58.2 Å². The van der Waals surface area contributed by atoms with Gasteiger partial charge in [-0.15, -0.1) is 0 Å². The van der Waals surface area contributed by atoms with Gasteiger partial charge >= 0.3 is 0 Å². The van der Waals surface area contributed by atoms with Crippen molar-refractivity contribution < 1.29 is 9.53 Å². The zero-order chi connectivity index (χ0) is 15.5. The van der Waals surface area contributed by atoms with Crippen LogP contribution in [0.25, 0.3) is 0 Å². The van der Waals surface area contributed by atoms with Gasteiger partial charge in [0.15, 0.2) is 0 Å². The minimum absolute atomic E-state index is 0. The molecule has 2 saturated heterocycles. The Morgan fingerprint density at radius 1 is 1.23 bits per heavy atom. The first kappa shape index (κ1) is 19.4. The molecule has 1 unspecified atom stereocenters. The first-order valence-electron chi connectivity index (χ1n) is 8.70. The molecule has 2 aliphatic heterocycles. The van der Waals surface area contributed by atoms with Crippen LogP contribution in [0.3, 0.4) is 0 Å². The molecule has 0 aliphatic carbocycles. The summed E-state index contributed by atoms with van der Waals surface area (Å²) >= 11 is 0. The summed E-state index contributed by atoms with van der Waals surface area (Å²) < 4.78 is 6.26. The quantitative estimate of drug-likeness (QED) is 0.779. The number of carbonyl (C=O) groups is 1. The Morgan fingerprint density at radius 3 is 2.27 bits per heavy atom. The average Bonchev–Trinajstić information content (AvgIpc) is 2.78. The summed E-state index contributed by atoms with van der Waals surface area (Å²) in [6.07, 6.45) is 6.24. The second-order valence-corrected chi connectivity index (χ2v) is 6.90. The molecule has 22 heavy (non-hydrogen) atoms. The molecule has 2 rings (SSSR count). The molecule has 2 aliphatic rings. The maximum Gasteiger partial charge on any atom is 0.228 e. The summed E-state index contributed by atoms with van der Waals surface area (Å²) in [4.78, 5) is 17.5. The van der Waals surface area contributed by atoms with Gasteiger partial charge in [0, 0.05) is 38.4 Å². The van der Waals surface area contributed by atoms with Crippen molar-refractivity contribution >= 4 is 5.91 Å². The molecule has 0 aromatic carbocycles. The molecule has 0 saturated carbocycles. The predicted molar refractivity (Wildman–Crippen MR) is 91.8 cm³/mol. The number of amides is 1. The fourth-order valence-electron chi connectivity index (χ4n) is 3.85. The summed E-state index contributed by atoms with van der Waals surface area (Å²) in [5, 5.41) is 0. The Labute approximate surface area is 137 Å². The van der Waals surface area contributed by atoms with Crippen LogP contribution >= 0.6 is 0 Å². The predicted octanol–water partition coefficient (Wildman–Crippen LogP) is 3.51. The number of nitrogens with zero attached hydrogens (tertiary/aromatic N) is 2. The highest BCUT2D eigenvalue weighted by molar-refractivity contribution is 5.79. The molecule has 0 bridgehead atoms. The van der Waals surface area contributed by atoms with Gasteiger partial charge in [-0.2, -0.15) is 0 Å². The normalized spacial score (nSPS) is 24.8. The highest BCUT2D eigenvalue weighted by Gasteiger charge is 2.49. The van der Waals surface area contributed by atoms with E-state index in [1.54, 1.807) is 0 Å². The highest BCUT2D eigenvalue weighted by Crippen LogP contribution is 2.38. The molecule has 2 fully saturated rings. The fraction of sp³-hybridized carbons (Fsp3) is 0.944. The van der Waals surface area contributed by atoms with E-state index in [1.165, 1.54) is 0 Å². The van der Waals surface area contributed by atoms with Crippen LogP contribution in [-0.2, 0) is 9.53 Å². The van der Waals surface area contributed by atoms with E-state index >= 15 is 0 Å². The second kappa shape index (κ2) is 8.30. The Morgan fingerprint density at radius 2 is 1.77 bits per heavy atom. The van der Waals surface area contributed by atoms with Crippen LogP contribution in [-0.4, -0.2) is 54.2 Å². The lowest BCUT2D eigenvalue weighted by atomic mass is 9.93. The molecular weight excluding hydrogens is 276 g/mol. The van der Waals surface area contributed by atoms with Gasteiger partial charge in [0.1, 0.15) is 5.72 Å². The molecule has 1 spiro atoms. The van der Waals surface area contributed by atoms with Crippen molar-refractivity contribution in [3.05, 3.63) is 0 Å². The SMILES string of the molecule is C.CCCC(CCC)C(=O)N1CC(C)OC12CCN(C)CC2. The third-order valence-corrected chi connectivity index (χ3v) is 5.01. The second-order valence-electron chi connectivity index (χ2n) is 6.90. The molecule has 1 atom stereocenters. The Balaban J connectivity index is 0.00000242. The fourth-order valence-corrected chi connectivity index (χ4v) is 3.85. The van der Waals surface area contributed by atoms with E-state index in [1.807, 2.05) is 0 Å². The topological polar surface area (TPSA) is 32.8 Å². The van der Waals surface area contributed by atoms with E-state index in [0.29, 0.717) is 5.91 Å². The van der Waals surface area contributed by atoms with Crippen LogP contribution in [0.1, 0.15) is 66.7 Å².